The molecule has 0 radical (unpaired) electrons. The highest BCUT2D eigenvalue weighted by molar-refractivity contribution is 5.33. The monoisotopic (exact) mass is 267 g/mol. The van der Waals surface area contributed by atoms with E-state index in [9.17, 15) is 9.90 Å². The molecule has 1 aliphatic rings. The Labute approximate surface area is 112 Å². The van der Waals surface area contributed by atoms with Crippen LogP contribution in [0.2, 0.25) is 0 Å². The Balaban J connectivity index is 1.85. The highest BCUT2D eigenvalue weighted by Crippen LogP contribution is 2.07. The van der Waals surface area contributed by atoms with Gasteiger partial charge in [-0.25, -0.2) is 0 Å². The largest absolute Gasteiger partial charge is 0.398 e. The van der Waals surface area contributed by atoms with Gasteiger partial charge in [-0.05, 0) is 12.5 Å². The van der Waals surface area contributed by atoms with E-state index in [1.165, 1.54) is 6.07 Å². The van der Waals surface area contributed by atoms with E-state index < -0.39 is 0 Å². The highest BCUT2D eigenvalue weighted by Gasteiger charge is 2.21. The minimum absolute atomic E-state index is 0.0325. The van der Waals surface area contributed by atoms with E-state index >= 15 is 0 Å². The summed E-state index contributed by atoms with van der Waals surface area (Å²) >= 11 is 0. The summed E-state index contributed by atoms with van der Waals surface area (Å²) in [5.74, 6) is 0. The number of nitrogen functional groups attached to an aromatic ring is 1. The molecule has 2 heterocycles. The van der Waals surface area contributed by atoms with Gasteiger partial charge in [0.05, 0.1) is 25.9 Å². The fourth-order valence-corrected chi connectivity index (χ4v) is 2.32. The van der Waals surface area contributed by atoms with Gasteiger partial charge in [-0.2, -0.15) is 0 Å². The van der Waals surface area contributed by atoms with Crippen molar-refractivity contribution in [3.63, 3.8) is 0 Å². The van der Waals surface area contributed by atoms with Gasteiger partial charge in [-0.3, -0.25) is 9.69 Å². The lowest BCUT2D eigenvalue weighted by Gasteiger charge is -2.34. The number of rotatable bonds is 5. The van der Waals surface area contributed by atoms with E-state index in [0.29, 0.717) is 25.4 Å². The fourth-order valence-electron chi connectivity index (χ4n) is 2.32. The second kappa shape index (κ2) is 6.70. The highest BCUT2D eigenvalue weighted by atomic mass is 16.5. The van der Waals surface area contributed by atoms with Crippen molar-refractivity contribution >= 4 is 5.69 Å². The van der Waals surface area contributed by atoms with Gasteiger partial charge >= 0.3 is 0 Å². The molecule has 1 aromatic rings. The lowest BCUT2D eigenvalue weighted by molar-refractivity contribution is -0.0280. The number of morpholine rings is 1. The third kappa shape index (κ3) is 3.79. The third-order valence-corrected chi connectivity index (χ3v) is 3.41. The first-order valence-corrected chi connectivity index (χ1v) is 6.59. The standard InChI is InChI=1S/C13H21N3O3/c14-11-2-3-13(18)16(8-11)5-1-4-15-6-7-19-10-12(15)9-17/h2-3,8,12,17H,1,4-7,9-10,14H2. The Hall–Kier alpha value is -1.37. The molecular formula is C13H21N3O3. The van der Waals surface area contributed by atoms with Crippen molar-refractivity contribution in [2.24, 2.45) is 0 Å². The number of anilines is 1. The first kappa shape index (κ1) is 14.0. The first-order chi connectivity index (χ1) is 9.20. The summed E-state index contributed by atoms with van der Waals surface area (Å²) in [6.45, 7) is 3.70. The van der Waals surface area contributed by atoms with Gasteiger partial charge < -0.3 is 20.1 Å². The van der Waals surface area contributed by atoms with Crippen LogP contribution in [0.5, 0.6) is 0 Å². The van der Waals surface area contributed by atoms with Crippen LogP contribution in [0.4, 0.5) is 5.69 Å². The lowest BCUT2D eigenvalue weighted by atomic mass is 10.2. The Morgan fingerprint density at radius 3 is 3.05 bits per heavy atom. The van der Waals surface area contributed by atoms with E-state index in [1.807, 2.05) is 0 Å². The van der Waals surface area contributed by atoms with Crippen molar-refractivity contribution in [1.29, 1.82) is 0 Å². The maximum atomic E-state index is 11.6. The van der Waals surface area contributed by atoms with Gasteiger partial charge in [0.1, 0.15) is 0 Å². The Morgan fingerprint density at radius 2 is 2.26 bits per heavy atom. The number of hydrogen-bond acceptors (Lipinski definition) is 5. The second-order valence-electron chi connectivity index (χ2n) is 4.79. The SMILES string of the molecule is Nc1ccc(=O)n(CCCN2CCOCC2CO)c1. The summed E-state index contributed by atoms with van der Waals surface area (Å²) in [7, 11) is 0. The van der Waals surface area contributed by atoms with Crippen molar-refractivity contribution in [3.05, 3.63) is 28.7 Å². The maximum Gasteiger partial charge on any atom is 0.250 e. The summed E-state index contributed by atoms with van der Waals surface area (Å²) < 4.78 is 6.96. The average Bonchev–Trinajstić information content (AvgIpc) is 2.43. The molecule has 3 N–H and O–H groups in total. The number of aryl methyl sites for hydroxylation is 1. The minimum atomic E-state index is -0.0325. The number of pyridine rings is 1. The van der Waals surface area contributed by atoms with E-state index in [-0.39, 0.29) is 18.2 Å². The van der Waals surface area contributed by atoms with E-state index in [1.54, 1.807) is 16.8 Å². The van der Waals surface area contributed by atoms with Gasteiger partial charge in [0, 0.05) is 37.6 Å². The molecule has 1 unspecified atom stereocenters. The Bertz CT molecular complexity index is 461. The Kier molecular flexibility index (Phi) is 4.95. The summed E-state index contributed by atoms with van der Waals surface area (Å²) in [5, 5.41) is 9.26. The molecule has 0 amide bonds. The summed E-state index contributed by atoms with van der Waals surface area (Å²) in [4.78, 5) is 13.8. The van der Waals surface area contributed by atoms with Crippen LogP contribution in [0.15, 0.2) is 23.1 Å². The molecule has 1 aromatic heterocycles. The lowest BCUT2D eigenvalue weighted by Crippen LogP contribution is -2.48. The predicted octanol–water partition coefficient (Wildman–Crippen LogP) is -0.486. The number of nitrogens with zero attached hydrogens (tertiary/aromatic N) is 2. The third-order valence-electron chi connectivity index (χ3n) is 3.41. The van der Waals surface area contributed by atoms with Crippen LogP contribution in [0.3, 0.4) is 0 Å². The Morgan fingerprint density at radius 1 is 1.42 bits per heavy atom. The normalized spacial score (nSPS) is 20.6. The zero-order valence-corrected chi connectivity index (χ0v) is 11.0. The fraction of sp³-hybridized carbons (Fsp3) is 0.615. The van der Waals surface area contributed by atoms with E-state index in [0.717, 1.165) is 19.5 Å². The molecule has 1 aliphatic heterocycles. The molecule has 1 fully saturated rings. The molecule has 0 saturated carbocycles. The molecule has 6 heteroatoms. The number of aliphatic hydroxyl groups excluding tert-OH is 1. The molecule has 106 valence electrons. The van der Waals surface area contributed by atoms with Crippen molar-refractivity contribution < 1.29 is 9.84 Å². The van der Waals surface area contributed by atoms with Crippen molar-refractivity contribution in [2.75, 3.05) is 38.6 Å². The summed E-state index contributed by atoms with van der Waals surface area (Å²) in [5.41, 5.74) is 6.23. The number of aliphatic hydroxyl groups is 1. The first-order valence-electron chi connectivity index (χ1n) is 6.59. The van der Waals surface area contributed by atoms with Crippen molar-refractivity contribution in [3.8, 4) is 0 Å². The quantitative estimate of drug-likeness (QED) is 0.752. The zero-order valence-electron chi connectivity index (χ0n) is 11.0. The van der Waals surface area contributed by atoms with Crippen molar-refractivity contribution in [1.82, 2.24) is 9.47 Å². The summed E-state index contributed by atoms with van der Waals surface area (Å²) in [6.07, 6.45) is 2.52. The van der Waals surface area contributed by atoms with Crippen LogP contribution in [-0.4, -0.2) is 53.5 Å². The van der Waals surface area contributed by atoms with Gasteiger partial charge in [0.15, 0.2) is 0 Å². The molecule has 1 saturated heterocycles. The molecule has 0 aliphatic carbocycles. The molecule has 0 bridgehead atoms. The molecule has 6 nitrogen and oxygen atoms in total. The molecule has 1 atom stereocenters. The number of nitrogens with two attached hydrogens (primary N) is 1. The van der Waals surface area contributed by atoms with Gasteiger partial charge in [0.2, 0.25) is 0 Å². The van der Waals surface area contributed by atoms with Crippen LogP contribution in [0, 0.1) is 0 Å². The van der Waals surface area contributed by atoms with Crippen LogP contribution < -0.4 is 11.3 Å². The van der Waals surface area contributed by atoms with Gasteiger partial charge in [-0.15, -0.1) is 0 Å². The predicted molar refractivity (Wildman–Crippen MR) is 73.0 cm³/mol. The van der Waals surface area contributed by atoms with Crippen LogP contribution in [0.25, 0.3) is 0 Å². The molecule has 19 heavy (non-hydrogen) atoms. The number of ether oxygens (including phenoxy) is 1. The molecule has 0 spiro atoms. The van der Waals surface area contributed by atoms with Crippen LogP contribution >= 0.6 is 0 Å². The topological polar surface area (TPSA) is 80.7 Å². The number of aromatic nitrogens is 1. The van der Waals surface area contributed by atoms with Gasteiger partial charge in [-0.1, -0.05) is 0 Å². The van der Waals surface area contributed by atoms with Crippen LogP contribution in [-0.2, 0) is 11.3 Å². The number of hydrogen-bond donors (Lipinski definition) is 2. The van der Waals surface area contributed by atoms with Gasteiger partial charge in [0.25, 0.3) is 5.56 Å². The van der Waals surface area contributed by atoms with Crippen LogP contribution in [0.1, 0.15) is 6.42 Å². The minimum Gasteiger partial charge on any atom is -0.398 e. The van der Waals surface area contributed by atoms with E-state index in [2.05, 4.69) is 4.90 Å². The molecular weight excluding hydrogens is 246 g/mol. The molecule has 0 aromatic carbocycles. The second-order valence-corrected chi connectivity index (χ2v) is 4.79. The average molecular weight is 267 g/mol. The van der Waals surface area contributed by atoms with Crippen molar-refractivity contribution in [2.45, 2.75) is 19.0 Å². The molecule has 2 rings (SSSR count). The summed E-state index contributed by atoms with van der Waals surface area (Å²) in [6, 6.07) is 3.18. The maximum absolute atomic E-state index is 11.6. The smallest absolute Gasteiger partial charge is 0.250 e. The zero-order chi connectivity index (χ0) is 13.7. The van der Waals surface area contributed by atoms with E-state index in [4.69, 9.17) is 10.5 Å².